The summed E-state index contributed by atoms with van der Waals surface area (Å²) in [6, 6.07) is 3.25. The molecular formula is C13H24N4O2S. The van der Waals surface area contributed by atoms with Gasteiger partial charge in [0.15, 0.2) is 0 Å². The van der Waals surface area contributed by atoms with E-state index < -0.39 is 10.0 Å². The van der Waals surface area contributed by atoms with E-state index >= 15 is 0 Å². The largest absolute Gasteiger partial charge is 0.370 e. The lowest BCUT2D eigenvalue weighted by atomic mass is 10.0. The molecule has 1 atom stereocenters. The summed E-state index contributed by atoms with van der Waals surface area (Å²) in [6.45, 7) is 3.59. The van der Waals surface area contributed by atoms with Crippen molar-refractivity contribution in [3.8, 4) is 0 Å². The van der Waals surface area contributed by atoms with E-state index in [1.54, 1.807) is 12.1 Å². The second-order valence-electron chi connectivity index (χ2n) is 4.90. The molecule has 0 amide bonds. The third-order valence-corrected chi connectivity index (χ3v) is 5.04. The third-order valence-electron chi connectivity index (χ3n) is 3.24. The maximum absolute atomic E-state index is 11.9. The number of nitrogens with zero attached hydrogens (tertiary/aromatic N) is 2. The average molecular weight is 300 g/mol. The van der Waals surface area contributed by atoms with Gasteiger partial charge < -0.3 is 11.1 Å². The van der Waals surface area contributed by atoms with Gasteiger partial charge in [0, 0.05) is 26.8 Å². The van der Waals surface area contributed by atoms with Crippen molar-refractivity contribution in [3.05, 3.63) is 18.3 Å². The van der Waals surface area contributed by atoms with Crippen LogP contribution in [0.15, 0.2) is 23.2 Å². The Balaban J connectivity index is 2.68. The number of sulfonamides is 1. The topological polar surface area (TPSA) is 88.3 Å². The van der Waals surface area contributed by atoms with E-state index in [1.807, 2.05) is 0 Å². The smallest absolute Gasteiger partial charge is 0.244 e. The molecule has 7 heteroatoms. The van der Waals surface area contributed by atoms with Crippen LogP contribution in [0.3, 0.4) is 0 Å². The number of nitrogens with one attached hydrogen (secondary N) is 1. The first-order valence-electron chi connectivity index (χ1n) is 6.74. The minimum atomic E-state index is -3.41. The molecule has 0 radical (unpaired) electrons. The predicted octanol–water partition coefficient (Wildman–Crippen LogP) is 1.12. The van der Waals surface area contributed by atoms with Crippen molar-refractivity contribution < 1.29 is 8.42 Å². The van der Waals surface area contributed by atoms with E-state index in [4.69, 9.17) is 5.73 Å². The number of hydrogen-bond donors (Lipinski definition) is 2. The highest BCUT2D eigenvalue weighted by molar-refractivity contribution is 7.89. The molecule has 3 N–H and O–H groups in total. The SMILES string of the molecule is CCC(CCN)CNc1ccc(S(=O)(=O)N(C)C)cn1. The van der Waals surface area contributed by atoms with E-state index in [1.165, 1.54) is 24.6 Å². The maximum Gasteiger partial charge on any atom is 0.244 e. The molecule has 0 saturated heterocycles. The minimum absolute atomic E-state index is 0.196. The highest BCUT2D eigenvalue weighted by Gasteiger charge is 2.17. The highest BCUT2D eigenvalue weighted by atomic mass is 32.2. The Kier molecular flexibility index (Phi) is 6.38. The first kappa shape index (κ1) is 16.9. The summed E-state index contributed by atoms with van der Waals surface area (Å²) in [4.78, 5) is 4.34. The Labute approximate surface area is 121 Å². The predicted molar refractivity (Wildman–Crippen MR) is 81.1 cm³/mol. The summed E-state index contributed by atoms with van der Waals surface area (Å²) < 4.78 is 25.0. The third kappa shape index (κ3) is 4.43. The van der Waals surface area contributed by atoms with E-state index in [9.17, 15) is 8.42 Å². The number of anilines is 1. The van der Waals surface area contributed by atoms with E-state index in [0.717, 1.165) is 19.4 Å². The highest BCUT2D eigenvalue weighted by Crippen LogP contribution is 2.15. The summed E-state index contributed by atoms with van der Waals surface area (Å²) in [5.74, 6) is 1.19. The van der Waals surface area contributed by atoms with E-state index in [-0.39, 0.29) is 4.90 Å². The summed E-state index contributed by atoms with van der Waals surface area (Å²) in [5.41, 5.74) is 5.56. The number of nitrogens with two attached hydrogens (primary N) is 1. The molecule has 0 spiro atoms. The molecule has 0 aliphatic heterocycles. The first-order chi connectivity index (χ1) is 9.41. The van der Waals surface area contributed by atoms with E-state index in [2.05, 4.69) is 17.2 Å². The van der Waals surface area contributed by atoms with Crippen LogP contribution in [0.2, 0.25) is 0 Å². The van der Waals surface area contributed by atoms with Crippen LogP contribution in [-0.2, 0) is 10.0 Å². The van der Waals surface area contributed by atoms with Gasteiger partial charge in [-0.25, -0.2) is 17.7 Å². The second-order valence-corrected chi connectivity index (χ2v) is 7.05. The van der Waals surface area contributed by atoms with Gasteiger partial charge in [0.1, 0.15) is 10.7 Å². The van der Waals surface area contributed by atoms with E-state index in [0.29, 0.717) is 18.3 Å². The van der Waals surface area contributed by atoms with Gasteiger partial charge in [-0.15, -0.1) is 0 Å². The molecule has 0 fully saturated rings. The molecule has 1 aromatic rings. The van der Waals surface area contributed by atoms with Gasteiger partial charge in [0.25, 0.3) is 0 Å². The monoisotopic (exact) mass is 300 g/mol. The van der Waals surface area contributed by atoms with Crippen molar-refractivity contribution in [2.75, 3.05) is 32.5 Å². The molecular weight excluding hydrogens is 276 g/mol. The zero-order valence-corrected chi connectivity index (χ0v) is 13.2. The van der Waals surface area contributed by atoms with Gasteiger partial charge in [-0.3, -0.25) is 0 Å². The Morgan fingerprint density at radius 1 is 1.40 bits per heavy atom. The fraction of sp³-hybridized carbons (Fsp3) is 0.615. The van der Waals surface area contributed by atoms with Crippen molar-refractivity contribution in [1.82, 2.24) is 9.29 Å². The molecule has 0 bridgehead atoms. The van der Waals surface area contributed by atoms with Crippen LogP contribution in [0.25, 0.3) is 0 Å². The Morgan fingerprint density at radius 2 is 2.10 bits per heavy atom. The molecule has 1 rings (SSSR count). The van der Waals surface area contributed by atoms with Crippen molar-refractivity contribution in [2.45, 2.75) is 24.7 Å². The van der Waals surface area contributed by atoms with Gasteiger partial charge in [-0.05, 0) is 31.0 Å². The summed E-state index contributed by atoms with van der Waals surface area (Å²) in [6.07, 6.45) is 3.40. The lowest BCUT2D eigenvalue weighted by molar-refractivity contribution is 0.501. The van der Waals surface area contributed by atoms with Crippen LogP contribution >= 0.6 is 0 Å². The zero-order valence-electron chi connectivity index (χ0n) is 12.3. The minimum Gasteiger partial charge on any atom is -0.370 e. The second kappa shape index (κ2) is 7.56. The molecule has 0 aromatic carbocycles. The molecule has 1 unspecified atom stereocenters. The van der Waals surface area contributed by atoms with Crippen molar-refractivity contribution in [2.24, 2.45) is 11.7 Å². The lowest BCUT2D eigenvalue weighted by Crippen LogP contribution is -2.22. The molecule has 0 aliphatic rings. The molecule has 1 heterocycles. The molecule has 0 aliphatic carbocycles. The number of aromatic nitrogens is 1. The van der Waals surface area contributed by atoms with Crippen molar-refractivity contribution >= 4 is 15.8 Å². The van der Waals surface area contributed by atoms with Crippen LogP contribution in [-0.4, -0.2) is 44.9 Å². The maximum atomic E-state index is 11.9. The molecule has 20 heavy (non-hydrogen) atoms. The number of rotatable bonds is 8. The molecule has 0 saturated carbocycles. The van der Waals surface area contributed by atoms with Crippen LogP contribution < -0.4 is 11.1 Å². The Morgan fingerprint density at radius 3 is 2.55 bits per heavy atom. The van der Waals surface area contributed by atoms with Crippen LogP contribution in [0.1, 0.15) is 19.8 Å². The number of hydrogen-bond acceptors (Lipinski definition) is 5. The quantitative estimate of drug-likeness (QED) is 0.751. The lowest BCUT2D eigenvalue weighted by Gasteiger charge is -2.15. The number of pyridine rings is 1. The molecule has 114 valence electrons. The standard InChI is InChI=1S/C13H24N4O2S/c1-4-11(7-8-14)9-15-13-6-5-12(10-16-13)20(18,19)17(2)3/h5-6,10-11H,4,7-9,14H2,1-3H3,(H,15,16). The summed E-state index contributed by atoms with van der Waals surface area (Å²) in [5, 5.41) is 3.21. The zero-order chi connectivity index (χ0) is 15.2. The van der Waals surface area contributed by atoms with Crippen molar-refractivity contribution in [3.63, 3.8) is 0 Å². The average Bonchev–Trinajstić information content (AvgIpc) is 2.43. The molecule has 1 aromatic heterocycles. The fourth-order valence-corrected chi connectivity index (χ4v) is 2.63. The van der Waals surface area contributed by atoms with Crippen molar-refractivity contribution in [1.29, 1.82) is 0 Å². The van der Waals surface area contributed by atoms with Crippen LogP contribution in [0, 0.1) is 5.92 Å². The molecule has 6 nitrogen and oxygen atoms in total. The fourth-order valence-electron chi connectivity index (χ4n) is 1.78. The first-order valence-corrected chi connectivity index (χ1v) is 8.18. The van der Waals surface area contributed by atoms with Crippen LogP contribution in [0.5, 0.6) is 0 Å². The van der Waals surface area contributed by atoms with Gasteiger partial charge in [-0.2, -0.15) is 0 Å². The van der Waals surface area contributed by atoms with Gasteiger partial charge in [0.05, 0.1) is 0 Å². The van der Waals surface area contributed by atoms with Gasteiger partial charge in [-0.1, -0.05) is 13.3 Å². The Bertz CT molecular complexity index is 500. The summed E-state index contributed by atoms with van der Waals surface area (Å²) >= 11 is 0. The van der Waals surface area contributed by atoms with Gasteiger partial charge in [0.2, 0.25) is 10.0 Å². The normalized spacial score (nSPS) is 13.4. The van der Waals surface area contributed by atoms with Gasteiger partial charge >= 0.3 is 0 Å². The summed E-state index contributed by atoms with van der Waals surface area (Å²) in [7, 11) is -0.411. The van der Waals surface area contributed by atoms with Crippen LogP contribution in [0.4, 0.5) is 5.82 Å². The Hall–Kier alpha value is -1.18.